The monoisotopic (exact) mass is 286 g/mol. The highest BCUT2D eigenvalue weighted by Gasteiger charge is 2.60. The number of primary amides is 1. The van der Waals surface area contributed by atoms with Crippen molar-refractivity contribution in [3.63, 3.8) is 0 Å². The molecule has 0 heterocycles. The Hall–Kier alpha value is -2.10. The van der Waals surface area contributed by atoms with E-state index in [9.17, 15) is 9.59 Å². The fourth-order valence-corrected chi connectivity index (χ4v) is 2.87. The Kier molecular flexibility index (Phi) is 3.90. The van der Waals surface area contributed by atoms with Crippen molar-refractivity contribution < 1.29 is 9.59 Å². The van der Waals surface area contributed by atoms with Crippen molar-refractivity contribution in [3.05, 3.63) is 41.5 Å². The average molecular weight is 286 g/mol. The van der Waals surface area contributed by atoms with E-state index in [4.69, 9.17) is 5.73 Å². The quantitative estimate of drug-likeness (QED) is 0.835. The predicted molar refractivity (Wildman–Crippen MR) is 83.8 cm³/mol. The molecule has 2 amide bonds. The van der Waals surface area contributed by atoms with Crippen LogP contribution in [-0.4, -0.2) is 11.8 Å². The Labute approximate surface area is 125 Å². The van der Waals surface area contributed by atoms with Crippen LogP contribution >= 0.6 is 0 Å². The molecule has 1 aliphatic carbocycles. The summed E-state index contributed by atoms with van der Waals surface area (Å²) in [5, 5.41) is 2.84. The third kappa shape index (κ3) is 2.99. The van der Waals surface area contributed by atoms with Crippen molar-refractivity contribution in [3.8, 4) is 0 Å². The van der Waals surface area contributed by atoms with E-state index < -0.39 is 5.91 Å². The highest BCUT2D eigenvalue weighted by Crippen LogP contribution is 2.59. The van der Waals surface area contributed by atoms with Gasteiger partial charge >= 0.3 is 0 Å². The Bertz CT molecular complexity index is 613. The van der Waals surface area contributed by atoms with Crippen LogP contribution in [0.3, 0.4) is 0 Å². The van der Waals surface area contributed by atoms with Gasteiger partial charge in [-0.25, -0.2) is 0 Å². The molecule has 1 aliphatic rings. The summed E-state index contributed by atoms with van der Waals surface area (Å²) in [5.74, 6) is -0.436. The SMILES string of the molecule is CC(C)=CC1C(C(=O)Nc2ccccc2C(N)=O)C1(C)C. The summed E-state index contributed by atoms with van der Waals surface area (Å²) in [6.45, 7) is 8.24. The number of nitrogens with two attached hydrogens (primary N) is 1. The lowest BCUT2D eigenvalue weighted by Gasteiger charge is -2.09. The zero-order chi connectivity index (χ0) is 15.8. The van der Waals surface area contributed by atoms with E-state index in [1.54, 1.807) is 24.3 Å². The van der Waals surface area contributed by atoms with Gasteiger partial charge in [-0.3, -0.25) is 9.59 Å². The van der Waals surface area contributed by atoms with Gasteiger partial charge in [0.05, 0.1) is 17.2 Å². The van der Waals surface area contributed by atoms with Gasteiger partial charge in [0.25, 0.3) is 5.91 Å². The first-order chi connectivity index (χ1) is 9.75. The van der Waals surface area contributed by atoms with Gasteiger partial charge in [0, 0.05) is 0 Å². The summed E-state index contributed by atoms with van der Waals surface area (Å²) in [5.41, 5.74) is 7.30. The molecule has 0 aromatic heterocycles. The van der Waals surface area contributed by atoms with Crippen LogP contribution in [0.25, 0.3) is 0 Å². The molecule has 21 heavy (non-hydrogen) atoms. The third-order valence-corrected chi connectivity index (χ3v) is 4.16. The molecule has 1 fully saturated rings. The Morgan fingerprint density at radius 3 is 2.43 bits per heavy atom. The number of allylic oxidation sites excluding steroid dienone is 2. The van der Waals surface area contributed by atoms with Crippen LogP contribution in [0.4, 0.5) is 5.69 Å². The minimum absolute atomic E-state index is 0.0526. The molecule has 0 aliphatic heterocycles. The van der Waals surface area contributed by atoms with E-state index in [2.05, 4.69) is 25.2 Å². The van der Waals surface area contributed by atoms with Crippen LogP contribution in [-0.2, 0) is 4.79 Å². The maximum atomic E-state index is 12.5. The number of rotatable bonds is 4. The second-order valence-corrected chi connectivity index (χ2v) is 6.47. The molecule has 1 aromatic carbocycles. The molecule has 2 rings (SSSR count). The normalized spacial score (nSPS) is 22.3. The van der Waals surface area contributed by atoms with Crippen molar-refractivity contribution in [1.29, 1.82) is 0 Å². The van der Waals surface area contributed by atoms with Crippen molar-refractivity contribution in [2.24, 2.45) is 23.0 Å². The standard InChI is InChI=1S/C17H22N2O2/c1-10(2)9-12-14(17(12,3)4)16(21)19-13-8-6-5-7-11(13)15(18)20/h5-9,12,14H,1-4H3,(H2,18,20)(H,19,21). The van der Waals surface area contributed by atoms with E-state index in [-0.39, 0.29) is 23.2 Å². The molecule has 3 N–H and O–H groups in total. The second-order valence-electron chi connectivity index (χ2n) is 6.47. The minimum atomic E-state index is -0.540. The first-order valence-corrected chi connectivity index (χ1v) is 7.10. The zero-order valence-electron chi connectivity index (χ0n) is 12.9. The minimum Gasteiger partial charge on any atom is -0.366 e. The largest absolute Gasteiger partial charge is 0.366 e. The van der Waals surface area contributed by atoms with E-state index in [1.807, 2.05) is 13.8 Å². The summed E-state index contributed by atoms with van der Waals surface area (Å²) in [7, 11) is 0. The molecule has 0 spiro atoms. The third-order valence-electron chi connectivity index (χ3n) is 4.16. The molecule has 2 atom stereocenters. The fraction of sp³-hybridized carbons (Fsp3) is 0.412. The topological polar surface area (TPSA) is 72.2 Å². The first kappa shape index (κ1) is 15.3. The highest BCUT2D eigenvalue weighted by atomic mass is 16.2. The molecule has 0 bridgehead atoms. The Morgan fingerprint density at radius 2 is 1.86 bits per heavy atom. The summed E-state index contributed by atoms with van der Waals surface area (Å²) >= 11 is 0. The summed E-state index contributed by atoms with van der Waals surface area (Å²) in [6.07, 6.45) is 2.14. The second kappa shape index (κ2) is 5.35. The maximum Gasteiger partial charge on any atom is 0.250 e. The Morgan fingerprint density at radius 1 is 1.24 bits per heavy atom. The highest BCUT2D eigenvalue weighted by molar-refractivity contribution is 6.04. The number of amides is 2. The van der Waals surface area contributed by atoms with Crippen molar-refractivity contribution in [2.75, 3.05) is 5.32 Å². The van der Waals surface area contributed by atoms with Crippen molar-refractivity contribution >= 4 is 17.5 Å². The van der Waals surface area contributed by atoms with Crippen molar-refractivity contribution in [1.82, 2.24) is 0 Å². The number of hydrogen-bond acceptors (Lipinski definition) is 2. The van der Waals surface area contributed by atoms with Crippen LogP contribution in [0.1, 0.15) is 38.1 Å². The van der Waals surface area contributed by atoms with Crippen LogP contribution < -0.4 is 11.1 Å². The molecular weight excluding hydrogens is 264 g/mol. The number of carbonyl (C=O) groups excluding carboxylic acids is 2. The molecule has 1 aromatic rings. The van der Waals surface area contributed by atoms with Gasteiger partial charge in [-0.2, -0.15) is 0 Å². The predicted octanol–water partition coefficient (Wildman–Crippen LogP) is 2.96. The van der Waals surface area contributed by atoms with Gasteiger partial charge in [-0.1, -0.05) is 37.6 Å². The first-order valence-electron chi connectivity index (χ1n) is 7.10. The molecule has 4 nitrogen and oxygen atoms in total. The summed E-state index contributed by atoms with van der Waals surface area (Å²) in [4.78, 5) is 23.9. The molecule has 1 saturated carbocycles. The number of nitrogens with one attached hydrogen (secondary N) is 1. The van der Waals surface area contributed by atoms with Crippen LogP contribution in [0.5, 0.6) is 0 Å². The van der Waals surface area contributed by atoms with E-state index in [0.29, 0.717) is 11.3 Å². The summed E-state index contributed by atoms with van der Waals surface area (Å²) in [6, 6.07) is 6.81. The maximum absolute atomic E-state index is 12.5. The van der Waals surface area contributed by atoms with Gasteiger partial charge in [-0.15, -0.1) is 0 Å². The van der Waals surface area contributed by atoms with Gasteiger partial charge < -0.3 is 11.1 Å². The van der Waals surface area contributed by atoms with Crippen LogP contribution in [0.2, 0.25) is 0 Å². The van der Waals surface area contributed by atoms with Gasteiger partial charge in [0.15, 0.2) is 0 Å². The lowest BCUT2D eigenvalue weighted by molar-refractivity contribution is -0.118. The van der Waals surface area contributed by atoms with E-state index in [1.165, 1.54) is 5.57 Å². The van der Waals surface area contributed by atoms with Gasteiger partial charge in [-0.05, 0) is 37.3 Å². The van der Waals surface area contributed by atoms with E-state index in [0.717, 1.165) is 0 Å². The van der Waals surface area contributed by atoms with Gasteiger partial charge in [0.2, 0.25) is 5.91 Å². The molecule has 4 heteroatoms. The average Bonchev–Trinajstić information content (AvgIpc) is 2.90. The molecule has 0 saturated heterocycles. The smallest absolute Gasteiger partial charge is 0.250 e. The van der Waals surface area contributed by atoms with Crippen LogP contribution in [0, 0.1) is 17.3 Å². The number of benzene rings is 1. The van der Waals surface area contributed by atoms with Crippen LogP contribution in [0.15, 0.2) is 35.9 Å². The molecule has 0 radical (unpaired) electrons. The number of anilines is 1. The molecule has 2 unspecified atom stereocenters. The van der Waals surface area contributed by atoms with Crippen molar-refractivity contribution in [2.45, 2.75) is 27.7 Å². The number of carbonyl (C=O) groups is 2. The van der Waals surface area contributed by atoms with Gasteiger partial charge in [0.1, 0.15) is 0 Å². The fourth-order valence-electron chi connectivity index (χ4n) is 2.87. The zero-order valence-corrected chi connectivity index (χ0v) is 12.9. The van der Waals surface area contributed by atoms with E-state index >= 15 is 0 Å². The lowest BCUT2D eigenvalue weighted by Crippen LogP contribution is -2.20. The number of para-hydroxylation sites is 1. The molecular formula is C17H22N2O2. The number of hydrogen-bond donors (Lipinski definition) is 2. The lowest BCUT2D eigenvalue weighted by atomic mass is 10.1. The summed E-state index contributed by atoms with van der Waals surface area (Å²) < 4.78 is 0. The Balaban J connectivity index is 2.17. The molecule has 112 valence electrons.